The molecule has 0 unspecified atom stereocenters. The molecule has 0 bridgehead atoms. The molecule has 1 aliphatic heterocycles. The van der Waals surface area contributed by atoms with Crippen LogP contribution < -0.4 is 5.56 Å². The Morgan fingerprint density at radius 3 is 2.82 bits per heavy atom. The fraction of sp³-hybridized carbons (Fsp3) is 0.364. The topological polar surface area (TPSA) is 62.4 Å². The third-order valence-corrected chi connectivity index (χ3v) is 6.22. The molecule has 1 aliphatic rings. The monoisotopic (exact) mass is 396 g/mol. The summed E-state index contributed by atoms with van der Waals surface area (Å²) in [6, 6.07) is 9.68. The van der Waals surface area contributed by atoms with E-state index in [0.29, 0.717) is 17.0 Å². The maximum atomic E-state index is 13.0. The number of aromatic amines is 1. The highest BCUT2D eigenvalue weighted by atomic mass is 32.1. The molecular formula is C22H24N2O3S. The molecule has 0 spiro atoms. The Hall–Kier alpha value is -2.44. The highest BCUT2D eigenvalue weighted by molar-refractivity contribution is 7.12. The molecule has 0 saturated carbocycles. The van der Waals surface area contributed by atoms with Gasteiger partial charge in [-0.05, 0) is 72.8 Å². The van der Waals surface area contributed by atoms with Crippen molar-refractivity contribution in [2.75, 3.05) is 13.2 Å². The Bertz CT molecular complexity index is 1050. The summed E-state index contributed by atoms with van der Waals surface area (Å²) in [6.45, 7) is 5.60. The van der Waals surface area contributed by atoms with Gasteiger partial charge in [0.2, 0.25) is 0 Å². The predicted molar refractivity (Wildman–Crippen MR) is 112 cm³/mol. The van der Waals surface area contributed by atoms with Crippen molar-refractivity contribution >= 4 is 28.1 Å². The van der Waals surface area contributed by atoms with Gasteiger partial charge in [-0.25, -0.2) is 0 Å². The van der Waals surface area contributed by atoms with Crippen LogP contribution in [0.4, 0.5) is 0 Å². The van der Waals surface area contributed by atoms with Crippen LogP contribution in [0, 0.1) is 13.8 Å². The number of H-pyrrole nitrogens is 1. The van der Waals surface area contributed by atoms with Crippen LogP contribution in [-0.2, 0) is 11.3 Å². The number of hydrogen-bond donors (Lipinski definition) is 1. The Balaban J connectivity index is 1.67. The maximum absolute atomic E-state index is 13.0. The first kappa shape index (κ1) is 18.9. The number of ether oxygens (including phenoxy) is 1. The van der Waals surface area contributed by atoms with Crippen LogP contribution in [0.3, 0.4) is 0 Å². The molecule has 0 aliphatic carbocycles. The van der Waals surface area contributed by atoms with Gasteiger partial charge >= 0.3 is 0 Å². The molecule has 3 heterocycles. The average Bonchev–Trinajstić information content (AvgIpc) is 3.37. The van der Waals surface area contributed by atoms with Crippen LogP contribution in [-0.4, -0.2) is 35.0 Å². The summed E-state index contributed by atoms with van der Waals surface area (Å²) in [5.41, 5.74) is 3.60. The van der Waals surface area contributed by atoms with Crippen LogP contribution in [0.15, 0.2) is 40.5 Å². The predicted octanol–water partition coefficient (Wildman–Crippen LogP) is 4.03. The molecule has 1 N–H and O–H groups in total. The van der Waals surface area contributed by atoms with Crippen molar-refractivity contribution in [2.24, 2.45) is 0 Å². The van der Waals surface area contributed by atoms with Crippen LogP contribution in [0.25, 0.3) is 10.9 Å². The summed E-state index contributed by atoms with van der Waals surface area (Å²) in [6.07, 6.45) is 2.00. The van der Waals surface area contributed by atoms with Crippen molar-refractivity contribution in [3.8, 4) is 0 Å². The third kappa shape index (κ3) is 3.88. The number of nitrogens with one attached hydrogen (secondary N) is 1. The zero-order chi connectivity index (χ0) is 19.7. The zero-order valence-electron chi connectivity index (χ0n) is 16.2. The summed E-state index contributed by atoms with van der Waals surface area (Å²) in [5, 5.41) is 2.88. The lowest BCUT2D eigenvalue weighted by Gasteiger charge is -2.25. The van der Waals surface area contributed by atoms with E-state index in [2.05, 4.69) is 18.0 Å². The van der Waals surface area contributed by atoms with Gasteiger partial charge in [0, 0.05) is 24.2 Å². The summed E-state index contributed by atoms with van der Waals surface area (Å²) in [7, 11) is 0. The highest BCUT2D eigenvalue weighted by Gasteiger charge is 2.25. The van der Waals surface area contributed by atoms with E-state index in [1.807, 2.05) is 36.6 Å². The first-order valence-electron chi connectivity index (χ1n) is 9.59. The molecule has 3 aromatic rings. The lowest BCUT2D eigenvalue weighted by Crippen LogP contribution is -2.38. The first-order valence-corrected chi connectivity index (χ1v) is 10.5. The van der Waals surface area contributed by atoms with Crippen LogP contribution in [0.1, 0.15) is 39.2 Å². The maximum Gasteiger partial charge on any atom is 0.264 e. The summed E-state index contributed by atoms with van der Waals surface area (Å²) >= 11 is 1.42. The zero-order valence-corrected chi connectivity index (χ0v) is 17.0. The van der Waals surface area contributed by atoms with Gasteiger partial charge in [-0.15, -0.1) is 11.3 Å². The van der Waals surface area contributed by atoms with Crippen LogP contribution in [0.2, 0.25) is 0 Å². The molecule has 1 atom stereocenters. The molecule has 2 aromatic heterocycles. The van der Waals surface area contributed by atoms with E-state index in [1.54, 1.807) is 4.90 Å². The molecule has 1 fully saturated rings. The van der Waals surface area contributed by atoms with Crippen molar-refractivity contribution in [3.05, 3.63) is 67.6 Å². The standard InChI is InChI=1S/C22H24N2O3S/c1-14-9-16-11-17(21(25)23-19(16)10-15(14)2)12-24(13-18-5-3-7-27-18)22(26)20-6-4-8-28-20/h4,6,8-11,18H,3,5,7,12-13H2,1-2H3,(H,23,25)/t18-/m1/s1. The molecule has 28 heavy (non-hydrogen) atoms. The van der Waals surface area contributed by atoms with Crippen molar-refractivity contribution in [1.82, 2.24) is 9.88 Å². The highest BCUT2D eigenvalue weighted by Crippen LogP contribution is 2.21. The lowest BCUT2D eigenvalue weighted by molar-refractivity contribution is 0.0510. The second-order valence-electron chi connectivity index (χ2n) is 7.45. The van der Waals surface area contributed by atoms with Gasteiger partial charge in [-0.1, -0.05) is 6.07 Å². The molecule has 0 radical (unpaired) electrons. The molecule has 6 heteroatoms. The van der Waals surface area contributed by atoms with E-state index >= 15 is 0 Å². The number of benzene rings is 1. The number of rotatable bonds is 5. The molecule has 5 nitrogen and oxygen atoms in total. The number of amides is 1. The van der Waals surface area contributed by atoms with Gasteiger partial charge in [0.1, 0.15) is 0 Å². The number of nitrogens with zero attached hydrogens (tertiary/aromatic N) is 1. The van der Waals surface area contributed by atoms with E-state index in [-0.39, 0.29) is 24.1 Å². The Morgan fingerprint density at radius 1 is 1.29 bits per heavy atom. The van der Waals surface area contributed by atoms with Gasteiger partial charge in [0.25, 0.3) is 11.5 Å². The second kappa shape index (κ2) is 7.89. The normalized spacial score (nSPS) is 16.6. The van der Waals surface area contributed by atoms with E-state index in [9.17, 15) is 9.59 Å². The van der Waals surface area contributed by atoms with Crippen LogP contribution in [0.5, 0.6) is 0 Å². The van der Waals surface area contributed by atoms with Gasteiger partial charge in [-0.3, -0.25) is 9.59 Å². The smallest absolute Gasteiger partial charge is 0.264 e. The molecule has 1 amide bonds. The van der Waals surface area contributed by atoms with Gasteiger partial charge in [0.15, 0.2) is 0 Å². The number of aryl methyl sites for hydroxylation is 2. The fourth-order valence-electron chi connectivity index (χ4n) is 3.65. The molecule has 1 saturated heterocycles. The number of hydrogen-bond acceptors (Lipinski definition) is 4. The lowest BCUT2D eigenvalue weighted by atomic mass is 10.0. The minimum Gasteiger partial charge on any atom is -0.376 e. The van der Waals surface area contributed by atoms with E-state index < -0.39 is 0 Å². The second-order valence-corrected chi connectivity index (χ2v) is 8.39. The van der Waals surface area contributed by atoms with Crippen molar-refractivity contribution in [3.63, 3.8) is 0 Å². The quantitative estimate of drug-likeness (QED) is 0.708. The van der Waals surface area contributed by atoms with Crippen molar-refractivity contribution < 1.29 is 9.53 Å². The minimum absolute atomic E-state index is 0.0355. The summed E-state index contributed by atoms with van der Waals surface area (Å²) in [4.78, 5) is 31.1. The number of aromatic nitrogens is 1. The summed E-state index contributed by atoms with van der Waals surface area (Å²) in [5.74, 6) is -0.0508. The molecule has 1 aromatic carbocycles. The minimum atomic E-state index is -0.146. The largest absolute Gasteiger partial charge is 0.376 e. The number of carbonyl (C=O) groups excluding carboxylic acids is 1. The van der Waals surface area contributed by atoms with E-state index in [1.165, 1.54) is 16.9 Å². The number of fused-ring (bicyclic) bond motifs is 1. The van der Waals surface area contributed by atoms with Gasteiger partial charge in [0.05, 0.1) is 17.5 Å². The van der Waals surface area contributed by atoms with Gasteiger partial charge < -0.3 is 14.6 Å². The van der Waals surface area contributed by atoms with Crippen molar-refractivity contribution in [2.45, 2.75) is 39.3 Å². The van der Waals surface area contributed by atoms with E-state index in [4.69, 9.17) is 4.74 Å². The third-order valence-electron chi connectivity index (χ3n) is 5.36. The van der Waals surface area contributed by atoms with Crippen molar-refractivity contribution in [1.29, 1.82) is 0 Å². The Morgan fingerprint density at radius 2 is 2.11 bits per heavy atom. The SMILES string of the molecule is Cc1cc2cc(CN(C[C@H]3CCCO3)C(=O)c3cccs3)c(=O)[nH]c2cc1C. The van der Waals surface area contributed by atoms with Crippen LogP contribution >= 0.6 is 11.3 Å². The number of pyridine rings is 1. The number of carbonyl (C=O) groups is 1. The molecule has 146 valence electrons. The fourth-order valence-corrected chi connectivity index (χ4v) is 4.35. The van der Waals surface area contributed by atoms with Gasteiger partial charge in [-0.2, -0.15) is 0 Å². The summed E-state index contributed by atoms with van der Waals surface area (Å²) < 4.78 is 5.74. The van der Waals surface area contributed by atoms with E-state index in [0.717, 1.165) is 35.9 Å². The molecular weight excluding hydrogens is 372 g/mol. The average molecular weight is 397 g/mol. The number of thiophene rings is 1. The molecule has 4 rings (SSSR count). The first-order chi connectivity index (χ1) is 13.5. The Labute approximate surface area is 168 Å². The Kier molecular flexibility index (Phi) is 5.33.